The minimum Gasteiger partial charge on any atom is -0.490 e. The summed E-state index contributed by atoms with van der Waals surface area (Å²) in [4.78, 5) is 13.8. The first-order valence-corrected chi connectivity index (χ1v) is 7.50. The predicted molar refractivity (Wildman–Crippen MR) is 84.4 cm³/mol. The third-order valence-corrected chi connectivity index (χ3v) is 3.84. The van der Waals surface area contributed by atoms with E-state index in [0.29, 0.717) is 19.6 Å². The Morgan fingerprint density at radius 2 is 2.30 bits per heavy atom. The maximum atomic E-state index is 12.0. The van der Waals surface area contributed by atoms with Crippen molar-refractivity contribution >= 4 is 27.5 Å². The van der Waals surface area contributed by atoms with Crippen molar-refractivity contribution < 1.29 is 9.53 Å². The molecule has 1 aliphatic heterocycles. The number of nitrogens with zero attached hydrogens (tertiary/aromatic N) is 1. The Balaban J connectivity index is 2.30. The van der Waals surface area contributed by atoms with Gasteiger partial charge in [-0.1, -0.05) is 18.7 Å². The predicted octanol–water partition coefficient (Wildman–Crippen LogP) is 4.00. The van der Waals surface area contributed by atoms with Crippen LogP contribution in [0.25, 0.3) is 5.70 Å². The number of allylic oxidation sites excluding steroid dienone is 1. The topological polar surface area (TPSA) is 29.5 Å². The third-order valence-electron chi connectivity index (χ3n) is 3.19. The third kappa shape index (κ3) is 3.12. The number of halogens is 1. The van der Waals surface area contributed by atoms with E-state index in [2.05, 4.69) is 28.6 Å². The smallest absolute Gasteiger partial charge is 0.227 e. The molecule has 0 aliphatic carbocycles. The van der Waals surface area contributed by atoms with Crippen LogP contribution in [0.1, 0.15) is 25.3 Å². The quantitative estimate of drug-likeness (QED) is 0.761. The summed E-state index contributed by atoms with van der Waals surface area (Å²) in [5.74, 6) is 0.968. The highest BCUT2D eigenvalue weighted by atomic mass is 79.9. The molecule has 1 aromatic carbocycles. The monoisotopic (exact) mass is 335 g/mol. The lowest BCUT2D eigenvalue weighted by Gasteiger charge is -2.28. The normalized spacial score (nSPS) is 15.0. The molecule has 106 valence electrons. The van der Waals surface area contributed by atoms with Crippen LogP contribution in [0, 0.1) is 0 Å². The Kier molecular flexibility index (Phi) is 5.01. The molecule has 0 aromatic heterocycles. The molecule has 1 amide bonds. The van der Waals surface area contributed by atoms with Gasteiger partial charge in [0.25, 0.3) is 0 Å². The van der Waals surface area contributed by atoms with E-state index in [0.717, 1.165) is 27.9 Å². The van der Waals surface area contributed by atoms with Gasteiger partial charge < -0.3 is 9.64 Å². The zero-order valence-electron chi connectivity index (χ0n) is 11.6. The maximum Gasteiger partial charge on any atom is 0.227 e. The Morgan fingerprint density at radius 3 is 2.95 bits per heavy atom. The molecule has 1 heterocycles. The van der Waals surface area contributed by atoms with Crippen molar-refractivity contribution in [2.24, 2.45) is 0 Å². The van der Waals surface area contributed by atoms with E-state index in [9.17, 15) is 4.79 Å². The molecule has 0 N–H and O–H groups in total. The second kappa shape index (κ2) is 6.75. The highest BCUT2D eigenvalue weighted by Crippen LogP contribution is 2.33. The molecule has 1 aliphatic rings. The van der Waals surface area contributed by atoms with E-state index in [-0.39, 0.29) is 5.91 Å². The molecule has 1 aromatic rings. The molecule has 3 nitrogen and oxygen atoms in total. The number of carbonyl (C=O) groups is 1. The van der Waals surface area contributed by atoms with Crippen LogP contribution in [0.3, 0.4) is 0 Å². The van der Waals surface area contributed by atoms with E-state index in [1.807, 2.05) is 30.0 Å². The maximum absolute atomic E-state index is 12.0. The molecule has 0 saturated heterocycles. The Morgan fingerprint density at radius 1 is 1.50 bits per heavy atom. The van der Waals surface area contributed by atoms with Crippen LogP contribution >= 0.6 is 15.9 Å². The lowest BCUT2D eigenvalue weighted by atomic mass is 10.0. The second-order valence-electron chi connectivity index (χ2n) is 4.51. The zero-order valence-corrected chi connectivity index (χ0v) is 13.1. The van der Waals surface area contributed by atoms with Crippen LogP contribution in [0.2, 0.25) is 0 Å². The van der Waals surface area contributed by atoms with Crippen molar-refractivity contribution in [1.82, 2.24) is 4.90 Å². The summed E-state index contributed by atoms with van der Waals surface area (Å²) in [6.07, 6.45) is 5.22. The molecular formula is C16H18BrNO2. The fourth-order valence-electron chi connectivity index (χ4n) is 2.26. The summed E-state index contributed by atoms with van der Waals surface area (Å²) in [6.45, 7) is 6.79. The molecule has 0 saturated carbocycles. The van der Waals surface area contributed by atoms with Gasteiger partial charge in [0.05, 0.1) is 0 Å². The van der Waals surface area contributed by atoms with Gasteiger partial charge in [-0.3, -0.25) is 4.79 Å². The first-order valence-electron chi connectivity index (χ1n) is 6.71. The number of hydrogen-bond acceptors (Lipinski definition) is 2. The fourth-order valence-corrected chi connectivity index (χ4v) is 2.82. The molecule has 2 rings (SSSR count). The second-order valence-corrected chi connectivity index (χ2v) is 5.36. The molecule has 0 bridgehead atoms. The lowest BCUT2D eigenvalue weighted by molar-refractivity contribution is -0.128. The summed E-state index contributed by atoms with van der Waals surface area (Å²) in [7, 11) is 0. The van der Waals surface area contributed by atoms with E-state index in [1.165, 1.54) is 0 Å². The fraction of sp³-hybridized carbons (Fsp3) is 0.312. The summed E-state index contributed by atoms with van der Waals surface area (Å²) >= 11 is 3.57. The van der Waals surface area contributed by atoms with Gasteiger partial charge in [-0.05, 0) is 47.5 Å². The summed E-state index contributed by atoms with van der Waals surface area (Å²) < 4.78 is 6.43. The van der Waals surface area contributed by atoms with Crippen LogP contribution in [-0.2, 0) is 4.79 Å². The van der Waals surface area contributed by atoms with Gasteiger partial charge in [-0.2, -0.15) is 0 Å². The van der Waals surface area contributed by atoms with E-state index in [1.54, 1.807) is 6.08 Å². The summed E-state index contributed by atoms with van der Waals surface area (Å²) in [5, 5.41) is 0. The Labute approximate surface area is 128 Å². The molecule has 4 heteroatoms. The molecule has 20 heavy (non-hydrogen) atoms. The minimum absolute atomic E-state index is 0.184. The molecule has 0 atom stereocenters. The van der Waals surface area contributed by atoms with Crippen molar-refractivity contribution in [3.63, 3.8) is 0 Å². The molecule has 0 fully saturated rings. The highest BCUT2D eigenvalue weighted by Gasteiger charge is 2.22. The highest BCUT2D eigenvalue weighted by molar-refractivity contribution is 9.10. The number of rotatable bonds is 5. The van der Waals surface area contributed by atoms with Crippen molar-refractivity contribution in [2.45, 2.75) is 19.8 Å². The van der Waals surface area contributed by atoms with Crippen LogP contribution in [0.4, 0.5) is 0 Å². The van der Waals surface area contributed by atoms with Gasteiger partial charge in [-0.25, -0.2) is 0 Å². The first-order chi connectivity index (χ1) is 9.67. The van der Waals surface area contributed by atoms with Crippen molar-refractivity contribution in [1.29, 1.82) is 0 Å². The number of ether oxygens (including phenoxy) is 1. The van der Waals surface area contributed by atoms with E-state index < -0.39 is 0 Å². The SMILES string of the molecule is C=CCOc1ccc(C2=CCCC(=O)N2CC)c(Br)c1. The number of carbonyl (C=O) groups excluding carboxylic acids is 1. The first kappa shape index (κ1) is 14.9. The van der Waals surface area contributed by atoms with Gasteiger partial charge in [0.2, 0.25) is 5.91 Å². The number of benzene rings is 1. The van der Waals surface area contributed by atoms with E-state index >= 15 is 0 Å². The average Bonchev–Trinajstić information content (AvgIpc) is 2.45. The van der Waals surface area contributed by atoms with Crippen molar-refractivity contribution in [3.8, 4) is 5.75 Å². The minimum atomic E-state index is 0.184. The Hall–Kier alpha value is -1.55. The van der Waals surface area contributed by atoms with Crippen LogP contribution in [0.5, 0.6) is 5.75 Å². The van der Waals surface area contributed by atoms with Gasteiger partial charge in [-0.15, -0.1) is 0 Å². The zero-order chi connectivity index (χ0) is 14.5. The molecular weight excluding hydrogens is 318 g/mol. The van der Waals surface area contributed by atoms with E-state index in [4.69, 9.17) is 4.74 Å². The van der Waals surface area contributed by atoms with Gasteiger partial charge in [0.15, 0.2) is 0 Å². The summed E-state index contributed by atoms with van der Waals surface area (Å²) in [6, 6.07) is 5.82. The van der Waals surface area contributed by atoms with Gasteiger partial charge in [0, 0.05) is 28.7 Å². The van der Waals surface area contributed by atoms with Crippen molar-refractivity contribution in [2.75, 3.05) is 13.2 Å². The van der Waals surface area contributed by atoms with Crippen LogP contribution in [-0.4, -0.2) is 24.0 Å². The lowest BCUT2D eigenvalue weighted by Crippen LogP contribution is -2.31. The number of amides is 1. The molecule has 0 unspecified atom stereocenters. The van der Waals surface area contributed by atoms with Crippen LogP contribution in [0.15, 0.2) is 41.4 Å². The largest absolute Gasteiger partial charge is 0.490 e. The number of hydrogen-bond donors (Lipinski definition) is 0. The van der Waals surface area contributed by atoms with Gasteiger partial charge in [0.1, 0.15) is 12.4 Å². The molecule has 0 spiro atoms. The Bertz CT molecular complexity index is 551. The average molecular weight is 336 g/mol. The van der Waals surface area contributed by atoms with Crippen LogP contribution < -0.4 is 4.74 Å². The van der Waals surface area contributed by atoms with Crippen molar-refractivity contribution in [3.05, 3.63) is 47.0 Å². The summed E-state index contributed by atoms with van der Waals surface area (Å²) in [5.41, 5.74) is 2.00. The van der Waals surface area contributed by atoms with Gasteiger partial charge >= 0.3 is 0 Å². The standard InChI is InChI=1S/C16H18BrNO2/c1-3-10-20-12-8-9-13(14(17)11-12)15-6-5-7-16(19)18(15)4-2/h3,6,8-9,11H,1,4-5,7,10H2,2H3. The molecule has 0 radical (unpaired) electrons.